The highest BCUT2D eigenvalue weighted by atomic mass is 16.5. The van der Waals surface area contributed by atoms with Crippen LogP contribution < -0.4 is 0 Å². The maximum Gasteiger partial charge on any atom is 0.0946 e. The van der Waals surface area contributed by atoms with Gasteiger partial charge < -0.3 is 9.30 Å². The zero-order valence-corrected chi connectivity index (χ0v) is 16.5. The second-order valence-corrected chi connectivity index (χ2v) is 7.25. The molecule has 1 aromatic heterocycles. The van der Waals surface area contributed by atoms with Crippen molar-refractivity contribution < 1.29 is 4.74 Å². The summed E-state index contributed by atoms with van der Waals surface area (Å²) < 4.78 is 8.36. The highest BCUT2D eigenvalue weighted by Gasteiger charge is 2.10. The van der Waals surface area contributed by atoms with E-state index in [-0.39, 0.29) is 6.10 Å². The van der Waals surface area contributed by atoms with Crippen LogP contribution in [0.15, 0.2) is 49.1 Å². The van der Waals surface area contributed by atoms with Crippen LogP contribution in [-0.4, -0.2) is 22.3 Å². The second kappa shape index (κ2) is 13.6. The lowest BCUT2D eigenvalue weighted by Crippen LogP contribution is -2.21. The van der Waals surface area contributed by atoms with Crippen LogP contribution in [-0.2, 0) is 17.7 Å². The quantitative estimate of drug-likeness (QED) is 0.364. The van der Waals surface area contributed by atoms with Gasteiger partial charge in [0.25, 0.3) is 0 Å². The van der Waals surface area contributed by atoms with Gasteiger partial charge in [-0.15, -0.1) is 0 Å². The van der Waals surface area contributed by atoms with E-state index < -0.39 is 0 Å². The number of imidazole rings is 1. The van der Waals surface area contributed by atoms with E-state index in [2.05, 4.69) is 46.8 Å². The van der Waals surface area contributed by atoms with Gasteiger partial charge in [0.1, 0.15) is 0 Å². The zero-order valence-electron chi connectivity index (χ0n) is 16.5. The molecule has 2 aromatic rings. The van der Waals surface area contributed by atoms with Crippen molar-refractivity contribution in [3.8, 4) is 0 Å². The molecule has 0 aliphatic carbocycles. The Balaban J connectivity index is 1.63. The second-order valence-electron chi connectivity index (χ2n) is 7.25. The fraction of sp³-hybridized carbons (Fsp3) is 0.609. The van der Waals surface area contributed by atoms with Crippen LogP contribution in [0.25, 0.3) is 0 Å². The Morgan fingerprint density at radius 1 is 0.962 bits per heavy atom. The molecule has 1 aromatic carbocycles. The van der Waals surface area contributed by atoms with E-state index in [1.54, 1.807) is 0 Å². The predicted octanol–water partition coefficient (Wildman–Crippen LogP) is 6.04. The standard InChI is InChI=1S/C23H36N2O/c1-2-3-4-5-6-7-8-12-19-26-23(20-25-18-17-24-21-25)16-15-22-13-10-9-11-14-22/h9-11,13-14,17-18,21,23H,2-8,12,15-16,19-20H2,1H3. The fourth-order valence-electron chi connectivity index (χ4n) is 3.32. The summed E-state index contributed by atoms with van der Waals surface area (Å²) in [5, 5.41) is 0. The monoisotopic (exact) mass is 356 g/mol. The third-order valence-corrected chi connectivity index (χ3v) is 4.92. The highest BCUT2D eigenvalue weighted by Crippen LogP contribution is 2.12. The number of aryl methyl sites for hydroxylation is 1. The molecule has 26 heavy (non-hydrogen) atoms. The van der Waals surface area contributed by atoms with E-state index in [0.717, 1.165) is 26.0 Å². The molecule has 0 saturated heterocycles. The molecule has 2 rings (SSSR count). The third-order valence-electron chi connectivity index (χ3n) is 4.92. The lowest BCUT2D eigenvalue weighted by atomic mass is 10.1. The van der Waals surface area contributed by atoms with E-state index in [9.17, 15) is 0 Å². The number of unbranched alkanes of at least 4 members (excludes halogenated alkanes) is 7. The molecule has 0 radical (unpaired) electrons. The predicted molar refractivity (Wildman–Crippen MR) is 109 cm³/mol. The Labute approximate surface area is 159 Å². The summed E-state index contributed by atoms with van der Waals surface area (Å²) in [6.07, 6.45) is 18.9. The van der Waals surface area contributed by atoms with Crippen LogP contribution in [0.2, 0.25) is 0 Å². The van der Waals surface area contributed by atoms with Gasteiger partial charge in [0, 0.05) is 25.5 Å². The molecular weight excluding hydrogens is 320 g/mol. The Morgan fingerprint density at radius 3 is 2.38 bits per heavy atom. The number of aromatic nitrogens is 2. The van der Waals surface area contributed by atoms with Crippen molar-refractivity contribution in [2.24, 2.45) is 0 Å². The van der Waals surface area contributed by atoms with Gasteiger partial charge in [-0.1, -0.05) is 82.2 Å². The van der Waals surface area contributed by atoms with Crippen molar-refractivity contribution in [2.45, 2.75) is 83.8 Å². The number of benzene rings is 1. The van der Waals surface area contributed by atoms with Crippen molar-refractivity contribution in [2.75, 3.05) is 6.61 Å². The molecule has 1 unspecified atom stereocenters. The minimum Gasteiger partial charge on any atom is -0.376 e. The first-order chi connectivity index (χ1) is 12.9. The minimum atomic E-state index is 0.258. The minimum absolute atomic E-state index is 0.258. The largest absolute Gasteiger partial charge is 0.376 e. The molecule has 0 spiro atoms. The number of nitrogens with zero attached hydrogens (tertiary/aromatic N) is 2. The maximum absolute atomic E-state index is 6.23. The first kappa shape index (κ1) is 20.7. The molecule has 0 amide bonds. The molecule has 0 fully saturated rings. The number of ether oxygens (including phenoxy) is 1. The van der Waals surface area contributed by atoms with Crippen molar-refractivity contribution in [1.29, 1.82) is 0 Å². The summed E-state index contributed by atoms with van der Waals surface area (Å²) in [4.78, 5) is 4.15. The van der Waals surface area contributed by atoms with E-state index in [1.807, 2.05) is 18.7 Å². The molecule has 0 bridgehead atoms. The fourth-order valence-corrected chi connectivity index (χ4v) is 3.32. The maximum atomic E-state index is 6.23. The van der Waals surface area contributed by atoms with Crippen LogP contribution in [0, 0.1) is 0 Å². The molecule has 0 aliphatic rings. The number of hydrogen-bond acceptors (Lipinski definition) is 2. The van der Waals surface area contributed by atoms with Gasteiger partial charge in [-0.05, 0) is 24.8 Å². The van der Waals surface area contributed by atoms with Gasteiger partial charge in [-0.25, -0.2) is 4.98 Å². The van der Waals surface area contributed by atoms with Crippen molar-refractivity contribution in [1.82, 2.24) is 9.55 Å². The first-order valence-corrected chi connectivity index (χ1v) is 10.5. The molecule has 0 saturated carbocycles. The Kier molecular flexibility index (Phi) is 10.8. The molecule has 3 nitrogen and oxygen atoms in total. The van der Waals surface area contributed by atoms with Crippen LogP contribution in [0.1, 0.15) is 70.3 Å². The summed E-state index contributed by atoms with van der Waals surface area (Å²) in [5.41, 5.74) is 1.39. The average Bonchev–Trinajstić information content (AvgIpc) is 3.18. The smallest absolute Gasteiger partial charge is 0.0946 e. The molecule has 1 heterocycles. The Bertz CT molecular complexity index is 539. The normalized spacial score (nSPS) is 12.3. The topological polar surface area (TPSA) is 27.1 Å². The van der Waals surface area contributed by atoms with Crippen molar-refractivity contribution >= 4 is 0 Å². The average molecular weight is 357 g/mol. The van der Waals surface area contributed by atoms with Gasteiger partial charge in [-0.3, -0.25) is 0 Å². The lowest BCUT2D eigenvalue weighted by molar-refractivity contribution is 0.0336. The number of hydrogen-bond donors (Lipinski definition) is 0. The van der Waals surface area contributed by atoms with Gasteiger partial charge in [0.05, 0.1) is 12.4 Å². The summed E-state index contributed by atoms with van der Waals surface area (Å²) in [6.45, 7) is 4.04. The van der Waals surface area contributed by atoms with Crippen molar-refractivity contribution in [3.05, 3.63) is 54.6 Å². The van der Waals surface area contributed by atoms with Crippen LogP contribution in [0.4, 0.5) is 0 Å². The van der Waals surface area contributed by atoms with Crippen molar-refractivity contribution in [3.63, 3.8) is 0 Å². The van der Waals surface area contributed by atoms with E-state index in [4.69, 9.17) is 4.74 Å². The molecule has 1 atom stereocenters. The molecule has 3 heteroatoms. The summed E-state index contributed by atoms with van der Waals surface area (Å²) >= 11 is 0. The van der Waals surface area contributed by atoms with E-state index in [1.165, 1.54) is 56.9 Å². The SMILES string of the molecule is CCCCCCCCCCOC(CCc1ccccc1)Cn1ccnc1. The molecule has 0 N–H and O–H groups in total. The van der Waals surface area contributed by atoms with E-state index >= 15 is 0 Å². The van der Waals surface area contributed by atoms with Gasteiger partial charge >= 0.3 is 0 Å². The zero-order chi connectivity index (χ0) is 18.3. The van der Waals surface area contributed by atoms with Gasteiger partial charge in [-0.2, -0.15) is 0 Å². The first-order valence-electron chi connectivity index (χ1n) is 10.5. The lowest BCUT2D eigenvalue weighted by Gasteiger charge is -2.18. The Morgan fingerprint density at radius 2 is 1.69 bits per heavy atom. The summed E-state index contributed by atoms with van der Waals surface area (Å²) in [7, 11) is 0. The highest BCUT2D eigenvalue weighted by molar-refractivity contribution is 5.14. The molecule has 0 aliphatic heterocycles. The molecule has 144 valence electrons. The van der Waals surface area contributed by atoms with Crippen LogP contribution in [0.5, 0.6) is 0 Å². The summed E-state index contributed by atoms with van der Waals surface area (Å²) in [6, 6.07) is 10.7. The third kappa shape index (κ3) is 9.19. The van der Waals surface area contributed by atoms with Gasteiger partial charge in [0.15, 0.2) is 0 Å². The summed E-state index contributed by atoms with van der Waals surface area (Å²) in [5.74, 6) is 0. The van der Waals surface area contributed by atoms with E-state index in [0.29, 0.717) is 0 Å². The molecular formula is C23H36N2O. The van der Waals surface area contributed by atoms with Gasteiger partial charge in [0.2, 0.25) is 0 Å². The Hall–Kier alpha value is -1.61. The van der Waals surface area contributed by atoms with Crippen LogP contribution >= 0.6 is 0 Å². The van der Waals surface area contributed by atoms with Crippen LogP contribution in [0.3, 0.4) is 0 Å². The number of rotatable bonds is 15.